The quantitative estimate of drug-likeness (QED) is 0.573. The van der Waals surface area contributed by atoms with Crippen LogP contribution >= 0.6 is 11.8 Å². The van der Waals surface area contributed by atoms with Crippen LogP contribution in [-0.4, -0.2) is 22.8 Å². The Bertz CT molecular complexity index is 1150. The third kappa shape index (κ3) is 3.97. The van der Waals surface area contributed by atoms with Crippen LogP contribution in [0.25, 0.3) is 11.8 Å². The fourth-order valence-corrected chi connectivity index (χ4v) is 4.01. The van der Waals surface area contributed by atoms with Gasteiger partial charge >= 0.3 is 0 Å². The summed E-state index contributed by atoms with van der Waals surface area (Å²) in [5, 5.41) is 1.94. The predicted octanol–water partition coefficient (Wildman–Crippen LogP) is 5.22. The molecule has 0 atom stereocenters. The molecule has 6 nitrogen and oxygen atoms in total. The van der Waals surface area contributed by atoms with Crippen LogP contribution in [0.1, 0.15) is 17.0 Å². The zero-order chi connectivity index (χ0) is 21.3. The number of hydrogen-bond donors (Lipinski definition) is 1. The molecular weight excluding hydrogens is 400 g/mol. The number of benzene rings is 2. The molecule has 2 aromatic carbocycles. The topological polar surface area (TPSA) is 69.6 Å². The molecule has 0 aliphatic carbocycles. The first kappa shape index (κ1) is 19.8. The van der Waals surface area contributed by atoms with E-state index in [4.69, 9.17) is 9.47 Å². The molecule has 0 saturated carbocycles. The smallest absolute Gasteiger partial charge is 0.290 e. The van der Waals surface area contributed by atoms with Gasteiger partial charge in [0.05, 0.1) is 12.0 Å². The summed E-state index contributed by atoms with van der Waals surface area (Å²) >= 11 is 0.921. The lowest BCUT2D eigenvalue weighted by molar-refractivity contribution is -0.115. The van der Waals surface area contributed by atoms with Crippen LogP contribution in [-0.2, 0) is 4.79 Å². The van der Waals surface area contributed by atoms with E-state index >= 15 is 0 Å². The van der Waals surface area contributed by atoms with Gasteiger partial charge in [0.25, 0.3) is 11.1 Å². The second kappa shape index (κ2) is 8.12. The summed E-state index contributed by atoms with van der Waals surface area (Å²) < 4.78 is 13.2. The number of amides is 2. The van der Waals surface area contributed by atoms with Gasteiger partial charge in [0, 0.05) is 17.1 Å². The fraction of sp³-hybridized carbons (Fsp3) is 0.130. The number of rotatable bonds is 5. The fourth-order valence-electron chi connectivity index (χ4n) is 3.34. The number of hydrogen-bond acceptors (Lipinski definition) is 5. The van der Waals surface area contributed by atoms with Gasteiger partial charge in [-0.05, 0) is 91.8 Å². The lowest BCUT2D eigenvalue weighted by atomic mass is 10.2. The molecule has 0 unspecified atom stereocenters. The van der Waals surface area contributed by atoms with E-state index < -0.39 is 0 Å². The Morgan fingerprint density at radius 3 is 2.10 bits per heavy atom. The van der Waals surface area contributed by atoms with Gasteiger partial charge in [-0.25, -0.2) is 0 Å². The maximum Gasteiger partial charge on any atom is 0.290 e. The Labute approximate surface area is 178 Å². The Kier molecular flexibility index (Phi) is 5.37. The van der Waals surface area contributed by atoms with E-state index in [0.717, 1.165) is 51.6 Å². The van der Waals surface area contributed by atoms with Gasteiger partial charge in [-0.2, -0.15) is 0 Å². The molecule has 2 heterocycles. The number of methoxy groups -OCH3 is 1. The normalized spacial score (nSPS) is 14.8. The summed E-state index contributed by atoms with van der Waals surface area (Å²) in [6.45, 7) is 3.99. The van der Waals surface area contributed by atoms with Crippen molar-refractivity contribution in [2.45, 2.75) is 13.8 Å². The Morgan fingerprint density at radius 2 is 1.53 bits per heavy atom. The van der Waals surface area contributed by atoms with Gasteiger partial charge in [0.2, 0.25) is 0 Å². The van der Waals surface area contributed by atoms with Crippen LogP contribution in [0.4, 0.5) is 4.79 Å². The van der Waals surface area contributed by atoms with Crippen molar-refractivity contribution in [2.24, 2.45) is 0 Å². The van der Waals surface area contributed by atoms with Gasteiger partial charge < -0.3 is 14.0 Å². The highest BCUT2D eigenvalue weighted by Gasteiger charge is 2.25. The molecule has 0 spiro atoms. The highest BCUT2D eigenvalue weighted by molar-refractivity contribution is 8.18. The van der Waals surface area contributed by atoms with Crippen molar-refractivity contribution < 1.29 is 19.1 Å². The number of carbonyl (C=O) groups is 2. The molecule has 7 heteroatoms. The van der Waals surface area contributed by atoms with E-state index in [0.29, 0.717) is 4.91 Å². The van der Waals surface area contributed by atoms with E-state index in [-0.39, 0.29) is 11.1 Å². The second-order valence-electron chi connectivity index (χ2n) is 6.79. The van der Waals surface area contributed by atoms with Crippen LogP contribution in [0.5, 0.6) is 17.2 Å². The Morgan fingerprint density at radius 1 is 0.933 bits per heavy atom. The molecule has 1 aliphatic heterocycles. The van der Waals surface area contributed by atoms with Crippen LogP contribution in [0, 0.1) is 13.8 Å². The minimum Gasteiger partial charge on any atom is -0.497 e. The van der Waals surface area contributed by atoms with Crippen LogP contribution in [0.15, 0.2) is 59.5 Å². The minimum absolute atomic E-state index is 0.340. The molecule has 3 aromatic rings. The molecule has 0 radical (unpaired) electrons. The highest BCUT2D eigenvalue weighted by Crippen LogP contribution is 2.30. The van der Waals surface area contributed by atoms with Crippen molar-refractivity contribution in [2.75, 3.05) is 7.11 Å². The summed E-state index contributed by atoms with van der Waals surface area (Å²) in [6, 6.07) is 17.2. The van der Waals surface area contributed by atoms with E-state index in [1.165, 1.54) is 0 Å². The number of thioether (sulfide) groups is 1. The third-order valence-corrected chi connectivity index (χ3v) is 5.60. The van der Waals surface area contributed by atoms with Crippen molar-refractivity contribution in [3.05, 3.63) is 76.5 Å². The van der Waals surface area contributed by atoms with Gasteiger partial charge in [-0.15, -0.1) is 0 Å². The second-order valence-corrected chi connectivity index (χ2v) is 7.80. The zero-order valence-corrected chi connectivity index (χ0v) is 17.6. The molecule has 1 N–H and O–H groups in total. The Hall–Kier alpha value is -3.45. The van der Waals surface area contributed by atoms with Crippen molar-refractivity contribution in [3.63, 3.8) is 0 Å². The number of nitrogens with zero attached hydrogens (tertiary/aromatic N) is 1. The van der Waals surface area contributed by atoms with E-state index in [1.807, 2.05) is 68.4 Å². The van der Waals surface area contributed by atoms with E-state index in [1.54, 1.807) is 13.2 Å². The summed E-state index contributed by atoms with van der Waals surface area (Å²) in [5.74, 6) is 1.88. The van der Waals surface area contributed by atoms with Crippen LogP contribution in [0.3, 0.4) is 0 Å². The van der Waals surface area contributed by atoms with Crippen molar-refractivity contribution in [3.8, 4) is 22.9 Å². The summed E-state index contributed by atoms with van der Waals surface area (Å²) in [5.41, 5.74) is 3.89. The third-order valence-electron chi connectivity index (χ3n) is 4.79. The summed E-state index contributed by atoms with van der Waals surface area (Å²) in [6.07, 6.45) is 1.75. The van der Waals surface area contributed by atoms with Crippen LogP contribution in [0.2, 0.25) is 0 Å². The standard InChI is InChI=1S/C23H20N2O4S/c1-14-12-16(13-21-22(26)24-23(27)30-21)15(2)25(14)17-4-6-19(7-5-17)29-20-10-8-18(28-3)9-11-20/h4-13H,1-3H3,(H,24,26,27)/b21-13-. The zero-order valence-electron chi connectivity index (χ0n) is 16.8. The summed E-state index contributed by atoms with van der Waals surface area (Å²) in [4.78, 5) is 23.6. The summed E-state index contributed by atoms with van der Waals surface area (Å²) in [7, 11) is 1.63. The number of carbonyl (C=O) groups excluding carboxylic acids is 2. The molecule has 4 rings (SSSR count). The van der Waals surface area contributed by atoms with Gasteiger partial charge in [-0.1, -0.05) is 0 Å². The first-order valence-electron chi connectivity index (χ1n) is 9.31. The van der Waals surface area contributed by atoms with Crippen molar-refractivity contribution >= 4 is 29.0 Å². The molecular formula is C23H20N2O4S. The number of aryl methyl sites for hydroxylation is 1. The monoisotopic (exact) mass is 420 g/mol. The molecule has 152 valence electrons. The number of nitrogens with one attached hydrogen (secondary N) is 1. The number of ether oxygens (including phenoxy) is 2. The first-order chi connectivity index (χ1) is 14.4. The molecule has 2 amide bonds. The van der Waals surface area contributed by atoms with Gasteiger partial charge in [0.1, 0.15) is 17.2 Å². The minimum atomic E-state index is -0.352. The lowest BCUT2D eigenvalue weighted by Gasteiger charge is -2.11. The predicted molar refractivity (Wildman–Crippen MR) is 117 cm³/mol. The first-order valence-corrected chi connectivity index (χ1v) is 10.1. The largest absolute Gasteiger partial charge is 0.497 e. The van der Waals surface area contributed by atoms with Gasteiger partial charge in [0.15, 0.2) is 0 Å². The van der Waals surface area contributed by atoms with Crippen molar-refractivity contribution in [1.82, 2.24) is 9.88 Å². The van der Waals surface area contributed by atoms with Gasteiger partial charge in [-0.3, -0.25) is 14.9 Å². The van der Waals surface area contributed by atoms with Crippen molar-refractivity contribution in [1.29, 1.82) is 0 Å². The lowest BCUT2D eigenvalue weighted by Crippen LogP contribution is -2.17. The molecule has 0 bridgehead atoms. The van der Waals surface area contributed by atoms with E-state index in [2.05, 4.69) is 9.88 Å². The number of imide groups is 1. The molecule has 1 aliphatic rings. The Balaban J connectivity index is 1.57. The average Bonchev–Trinajstić information content (AvgIpc) is 3.20. The van der Waals surface area contributed by atoms with E-state index in [9.17, 15) is 9.59 Å². The molecule has 1 aromatic heterocycles. The maximum absolute atomic E-state index is 11.8. The number of aromatic nitrogens is 1. The highest BCUT2D eigenvalue weighted by atomic mass is 32.2. The molecule has 30 heavy (non-hydrogen) atoms. The van der Waals surface area contributed by atoms with Crippen LogP contribution < -0.4 is 14.8 Å². The molecule has 1 fully saturated rings. The molecule has 1 saturated heterocycles. The maximum atomic E-state index is 11.8. The SMILES string of the molecule is COc1ccc(Oc2ccc(-n3c(C)cc(/C=C4\SC(=O)NC4=O)c3C)cc2)cc1. The average molecular weight is 420 g/mol.